The second-order valence-corrected chi connectivity index (χ2v) is 6.03. The first kappa shape index (κ1) is 14.8. The van der Waals surface area contributed by atoms with Crippen LogP contribution in [0.5, 0.6) is 0 Å². The summed E-state index contributed by atoms with van der Waals surface area (Å²) in [6.07, 6.45) is 7.08. The zero-order chi connectivity index (χ0) is 15.4. The van der Waals surface area contributed by atoms with Crippen LogP contribution in [0, 0.1) is 5.92 Å². The van der Waals surface area contributed by atoms with E-state index in [-0.39, 0.29) is 5.91 Å². The third-order valence-electron chi connectivity index (χ3n) is 4.16. The van der Waals surface area contributed by atoms with Crippen LogP contribution in [0.4, 0.5) is 0 Å². The van der Waals surface area contributed by atoms with Gasteiger partial charge in [0.1, 0.15) is 0 Å². The number of nitrogens with one attached hydrogen (secondary N) is 1. The fourth-order valence-electron chi connectivity index (χ4n) is 2.77. The van der Waals surface area contributed by atoms with Gasteiger partial charge in [0.15, 0.2) is 0 Å². The van der Waals surface area contributed by atoms with Crippen LogP contribution in [-0.2, 0) is 11.2 Å². The minimum Gasteiger partial charge on any atom is -0.356 e. The van der Waals surface area contributed by atoms with Crippen molar-refractivity contribution in [3.63, 3.8) is 0 Å². The summed E-state index contributed by atoms with van der Waals surface area (Å²) in [6.45, 7) is 0.760. The van der Waals surface area contributed by atoms with Crippen molar-refractivity contribution >= 4 is 5.91 Å². The van der Waals surface area contributed by atoms with Crippen molar-refractivity contribution in [3.8, 4) is 5.69 Å². The van der Waals surface area contributed by atoms with Crippen LogP contribution in [0.25, 0.3) is 5.69 Å². The Morgan fingerprint density at radius 3 is 2.82 bits per heavy atom. The molecule has 0 bridgehead atoms. The number of hydrogen-bond donors (Lipinski definition) is 2. The van der Waals surface area contributed by atoms with Gasteiger partial charge in [0.05, 0.1) is 11.9 Å². The largest absolute Gasteiger partial charge is 0.356 e. The molecule has 0 radical (unpaired) electrons. The van der Waals surface area contributed by atoms with E-state index >= 15 is 0 Å². The zero-order valence-electron chi connectivity index (χ0n) is 12.6. The van der Waals surface area contributed by atoms with E-state index in [1.807, 2.05) is 47.4 Å². The Morgan fingerprint density at radius 2 is 2.09 bits per heavy atom. The molecular weight excluding hydrogens is 276 g/mol. The fraction of sp³-hybridized carbons (Fsp3) is 0.412. The average molecular weight is 298 g/mol. The summed E-state index contributed by atoms with van der Waals surface area (Å²) < 4.78 is 1.84. The molecule has 0 aliphatic heterocycles. The standard InChI is InChI=1S/C17H22N4O/c18-15-8-14(9-15)10-19-17(22)7-6-13-11-20-21(12-13)16-4-2-1-3-5-16/h1-5,11-12,14-15H,6-10,18H2,(H,19,22). The van der Waals surface area contributed by atoms with E-state index in [0.29, 0.717) is 24.8 Å². The van der Waals surface area contributed by atoms with E-state index in [1.165, 1.54) is 0 Å². The molecule has 0 spiro atoms. The van der Waals surface area contributed by atoms with Gasteiger partial charge in [-0.05, 0) is 42.9 Å². The van der Waals surface area contributed by atoms with Gasteiger partial charge in [-0.15, -0.1) is 0 Å². The van der Waals surface area contributed by atoms with Crippen LogP contribution in [0.1, 0.15) is 24.8 Å². The Balaban J connectivity index is 1.44. The highest BCUT2D eigenvalue weighted by atomic mass is 16.1. The topological polar surface area (TPSA) is 72.9 Å². The maximum absolute atomic E-state index is 11.8. The average Bonchev–Trinajstić information content (AvgIpc) is 2.98. The van der Waals surface area contributed by atoms with Crippen LogP contribution in [0.3, 0.4) is 0 Å². The normalized spacial score (nSPS) is 20.4. The molecule has 3 N–H and O–H groups in total. The number of aromatic nitrogens is 2. The molecule has 0 atom stereocenters. The molecule has 116 valence electrons. The highest BCUT2D eigenvalue weighted by Gasteiger charge is 2.25. The summed E-state index contributed by atoms with van der Waals surface area (Å²) in [5.74, 6) is 0.674. The molecular formula is C17H22N4O. The fourth-order valence-corrected chi connectivity index (χ4v) is 2.77. The molecule has 1 aliphatic carbocycles. The maximum atomic E-state index is 11.8. The van der Waals surface area contributed by atoms with Gasteiger partial charge in [0.2, 0.25) is 5.91 Å². The van der Waals surface area contributed by atoms with E-state index < -0.39 is 0 Å². The van der Waals surface area contributed by atoms with Crippen molar-refractivity contribution in [2.75, 3.05) is 6.54 Å². The second kappa shape index (κ2) is 6.75. The summed E-state index contributed by atoms with van der Waals surface area (Å²) in [6, 6.07) is 10.3. The number of aryl methyl sites for hydroxylation is 1. The molecule has 5 nitrogen and oxygen atoms in total. The summed E-state index contributed by atoms with van der Waals surface area (Å²) in [4.78, 5) is 11.8. The number of hydrogen-bond acceptors (Lipinski definition) is 3. The van der Waals surface area contributed by atoms with Crippen LogP contribution in [-0.4, -0.2) is 28.3 Å². The number of carbonyl (C=O) groups is 1. The Morgan fingerprint density at radius 1 is 1.32 bits per heavy atom. The maximum Gasteiger partial charge on any atom is 0.220 e. The summed E-state index contributed by atoms with van der Waals surface area (Å²) in [5, 5.41) is 7.33. The minimum atomic E-state index is 0.105. The van der Waals surface area contributed by atoms with E-state index in [0.717, 1.165) is 30.6 Å². The lowest BCUT2D eigenvalue weighted by Crippen LogP contribution is -2.42. The lowest BCUT2D eigenvalue weighted by molar-refractivity contribution is -0.121. The highest BCUT2D eigenvalue weighted by molar-refractivity contribution is 5.76. The summed E-state index contributed by atoms with van der Waals surface area (Å²) >= 11 is 0. The number of nitrogens with two attached hydrogens (primary N) is 1. The van der Waals surface area contributed by atoms with Crippen molar-refractivity contribution in [2.45, 2.75) is 31.7 Å². The SMILES string of the molecule is NC1CC(CNC(=O)CCc2cnn(-c3ccccc3)c2)C1. The van der Waals surface area contributed by atoms with Gasteiger partial charge < -0.3 is 11.1 Å². The third kappa shape index (κ3) is 3.74. The van der Waals surface area contributed by atoms with Crippen molar-refractivity contribution < 1.29 is 4.79 Å². The molecule has 1 saturated carbocycles. The Hall–Kier alpha value is -2.14. The van der Waals surface area contributed by atoms with E-state index in [9.17, 15) is 4.79 Å². The van der Waals surface area contributed by atoms with Crippen molar-refractivity contribution in [1.82, 2.24) is 15.1 Å². The van der Waals surface area contributed by atoms with Crippen LogP contribution in [0.15, 0.2) is 42.7 Å². The number of para-hydroxylation sites is 1. The summed E-state index contributed by atoms with van der Waals surface area (Å²) in [5.41, 5.74) is 7.84. The van der Waals surface area contributed by atoms with Crippen LogP contribution in [0.2, 0.25) is 0 Å². The Bertz CT molecular complexity index is 617. The van der Waals surface area contributed by atoms with Crippen LogP contribution < -0.4 is 11.1 Å². The van der Waals surface area contributed by atoms with Crippen molar-refractivity contribution in [2.24, 2.45) is 11.7 Å². The molecule has 1 amide bonds. The second-order valence-electron chi connectivity index (χ2n) is 6.03. The number of benzene rings is 1. The minimum absolute atomic E-state index is 0.105. The van der Waals surface area contributed by atoms with E-state index in [1.54, 1.807) is 0 Å². The number of amides is 1. The molecule has 22 heavy (non-hydrogen) atoms. The Kier molecular flexibility index (Phi) is 4.53. The molecule has 2 aromatic rings. The molecule has 5 heteroatoms. The van der Waals surface area contributed by atoms with Gasteiger partial charge in [-0.3, -0.25) is 4.79 Å². The summed E-state index contributed by atoms with van der Waals surface area (Å²) in [7, 11) is 0. The first-order valence-corrected chi connectivity index (χ1v) is 7.82. The van der Waals surface area contributed by atoms with Gasteiger partial charge >= 0.3 is 0 Å². The lowest BCUT2D eigenvalue weighted by atomic mass is 9.81. The van der Waals surface area contributed by atoms with Gasteiger partial charge in [-0.2, -0.15) is 5.10 Å². The first-order chi connectivity index (χ1) is 10.7. The monoisotopic (exact) mass is 298 g/mol. The van der Waals surface area contributed by atoms with E-state index in [2.05, 4.69) is 10.4 Å². The first-order valence-electron chi connectivity index (χ1n) is 7.82. The smallest absolute Gasteiger partial charge is 0.220 e. The molecule has 3 rings (SSSR count). The van der Waals surface area contributed by atoms with Crippen LogP contribution >= 0.6 is 0 Å². The predicted molar refractivity (Wildman–Crippen MR) is 85.6 cm³/mol. The van der Waals surface area contributed by atoms with Gasteiger partial charge in [0.25, 0.3) is 0 Å². The van der Waals surface area contributed by atoms with Gasteiger partial charge in [-0.1, -0.05) is 18.2 Å². The highest BCUT2D eigenvalue weighted by Crippen LogP contribution is 2.24. The quantitative estimate of drug-likeness (QED) is 0.852. The predicted octanol–water partition coefficient (Wildman–Crippen LogP) is 1.66. The molecule has 0 unspecified atom stereocenters. The third-order valence-corrected chi connectivity index (χ3v) is 4.16. The number of nitrogens with zero attached hydrogens (tertiary/aromatic N) is 2. The molecule has 1 aromatic heterocycles. The van der Waals surface area contributed by atoms with Gasteiger partial charge in [-0.25, -0.2) is 4.68 Å². The number of rotatable bonds is 6. The molecule has 1 heterocycles. The molecule has 0 saturated heterocycles. The molecule has 1 aromatic carbocycles. The Labute approximate surface area is 130 Å². The van der Waals surface area contributed by atoms with Gasteiger partial charge in [0, 0.05) is 25.2 Å². The van der Waals surface area contributed by atoms with Crippen molar-refractivity contribution in [3.05, 3.63) is 48.3 Å². The number of carbonyl (C=O) groups excluding carboxylic acids is 1. The molecule has 1 aliphatic rings. The zero-order valence-corrected chi connectivity index (χ0v) is 12.6. The van der Waals surface area contributed by atoms with E-state index in [4.69, 9.17) is 5.73 Å². The molecule has 1 fully saturated rings. The van der Waals surface area contributed by atoms with Crippen molar-refractivity contribution in [1.29, 1.82) is 0 Å². The lowest BCUT2D eigenvalue weighted by Gasteiger charge is -2.32.